The van der Waals surface area contributed by atoms with Gasteiger partial charge in [0.05, 0.1) is 0 Å². The van der Waals surface area contributed by atoms with Gasteiger partial charge in [-0.15, -0.1) is 10.2 Å². The Morgan fingerprint density at radius 1 is 0.892 bits per heavy atom. The fraction of sp³-hybridized carbons (Fsp3) is 0.682. The number of nitrogens with one attached hydrogen (secondary N) is 1. The van der Waals surface area contributed by atoms with Gasteiger partial charge in [-0.1, -0.05) is 42.9 Å². The quantitative estimate of drug-likeness (QED) is 0.171. The van der Waals surface area contributed by atoms with Gasteiger partial charge in [-0.2, -0.15) is 0 Å². The molecule has 5 atom stereocenters. The topological polar surface area (TPSA) is 169 Å². The maximum atomic E-state index is 12.1. The molecule has 2 rings (SSSR count). The lowest BCUT2D eigenvalue weighted by Gasteiger charge is -2.43. The fourth-order valence-electron chi connectivity index (χ4n) is 3.41. The highest BCUT2D eigenvalue weighted by molar-refractivity contribution is 8.01. The Morgan fingerprint density at radius 3 is 2.11 bits per heavy atom. The van der Waals surface area contributed by atoms with E-state index in [1.54, 1.807) is 0 Å². The molecule has 206 valence electrons. The minimum absolute atomic E-state index is 0.187. The maximum absolute atomic E-state index is 12.1. The zero-order chi connectivity index (χ0) is 27.5. The summed E-state index contributed by atoms with van der Waals surface area (Å²) in [5, 5.41) is 11.0. The van der Waals surface area contributed by atoms with Crippen LogP contribution in [0, 0.1) is 0 Å². The molecule has 0 saturated carbocycles. The zero-order valence-electron chi connectivity index (χ0n) is 21.2. The Kier molecular flexibility index (Phi) is 12.2. The lowest BCUT2D eigenvalue weighted by Crippen LogP contribution is -2.61. The minimum atomic E-state index is -1.28. The van der Waals surface area contributed by atoms with Gasteiger partial charge < -0.3 is 29.0 Å². The number of aromatic nitrogens is 2. The molecule has 2 heterocycles. The van der Waals surface area contributed by atoms with Gasteiger partial charge in [0.25, 0.3) is 0 Å². The molecule has 1 aromatic heterocycles. The molecule has 1 N–H and O–H groups in total. The number of rotatable bonds is 12. The summed E-state index contributed by atoms with van der Waals surface area (Å²) in [4.78, 5) is 59.2. The molecular formula is C22H31N3O10S2. The van der Waals surface area contributed by atoms with Crippen LogP contribution in [0.25, 0.3) is 0 Å². The SMILES string of the molecule is CCCCCC(=O)Nc1nnc(S[C@@H]2O[C@H](COC(C)=O)[C@H](OC(C)=O)[C@H](OC(C)=O)[C@H]2OC(C)=O)s1. The van der Waals surface area contributed by atoms with Crippen molar-refractivity contribution in [2.24, 2.45) is 0 Å². The number of esters is 4. The van der Waals surface area contributed by atoms with Crippen LogP contribution in [-0.2, 0) is 47.7 Å². The molecule has 1 fully saturated rings. The average molecular weight is 562 g/mol. The van der Waals surface area contributed by atoms with Crippen LogP contribution in [-0.4, -0.2) is 76.4 Å². The maximum Gasteiger partial charge on any atom is 0.303 e. The van der Waals surface area contributed by atoms with Crippen molar-refractivity contribution >= 4 is 58.0 Å². The summed E-state index contributed by atoms with van der Waals surface area (Å²) in [6.07, 6.45) is -1.76. The summed E-state index contributed by atoms with van der Waals surface area (Å²) in [5.41, 5.74) is -1.03. The predicted octanol–water partition coefficient (Wildman–Crippen LogP) is 2.23. The highest BCUT2D eigenvalue weighted by Crippen LogP contribution is 2.39. The van der Waals surface area contributed by atoms with Gasteiger partial charge in [-0.05, 0) is 6.42 Å². The second-order valence-electron chi connectivity index (χ2n) is 8.06. The third-order valence-electron chi connectivity index (χ3n) is 4.83. The summed E-state index contributed by atoms with van der Waals surface area (Å²) in [6, 6.07) is 0. The monoisotopic (exact) mass is 561 g/mol. The lowest BCUT2D eigenvalue weighted by molar-refractivity contribution is -0.237. The van der Waals surface area contributed by atoms with E-state index < -0.39 is 53.7 Å². The van der Waals surface area contributed by atoms with Crippen LogP contribution in [0.2, 0.25) is 0 Å². The van der Waals surface area contributed by atoms with Gasteiger partial charge >= 0.3 is 23.9 Å². The largest absolute Gasteiger partial charge is 0.463 e. The highest BCUT2D eigenvalue weighted by atomic mass is 32.2. The van der Waals surface area contributed by atoms with Crippen molar-refractivity contribution in [2.75, 3.05) is 11.9 Å². The van der Waals surface area contributed by atoms with Crippen molar-refractivity contribution in [2.45, 2.75) is 94.5 Å². The summed E-state index contributed by atoms with van der Waals surface area (Å²) >= 11 is 2.07. The molecular weight excluding hydrogens is 530 g/mol. The van der Waals surface area contributed by atoms with Crippen LogP contribution in [0.5, 0.6) is 0 Å². The normalized spacial score (nSPS) is 23.0. The lowest BCUT2D eigenvalue weighted by atomic mass is 9.99. The number of anilines is 1. The van der Waals surface area contributed by atoms with E-state index in [0.29, 0.717) is 10.8 Å². The number of carbonyl (C=O) groups is 5. The van der Waals surface area contributed by atoms with Gasteiger partial charge in [-0.25, -0.2) is 0 Å². The Bertz CT molecular complexity index is 972. The number of unbranched alkanes of at least 4 members (excludes halogenated alkanes) is 2. The van der Waals surface area contributed by atoms with Gasteiger partial charge in [0.1, 0.15) is 12.7 Å². The molecule has 37 heavy (non-hydrogen) atoms. The molecule has 0 radical (unpaired) electrons. The van der Waals surface area contributed by atoms with Crippen LogP contribution in [0.3, 0.4) is 0 Å². The second kappa shape index (κ2) is 14.8. The van der Waals surface area contributed by atoms with E-state index in [2.05, 4.69) is 15.5 Å². The number of nitrogens with zero attached hydrogens (tertiary/aromatic N) is 2. The van der Waals surface area contributed by atoms with Crippen LogP contribution < -0.4 is 5.32 Å². The van der Waals surface area contributed by atoms with Gasteiger partial charge in [0.2, 0.25) is 11.0 Å². The molecule has 13 nitrogen and oxygen atoms in total. The third kappa shape index (κ3) is 10.2. The van der Waals surface area contributed by atoms with Crippen LogP contribution >= 0.6 is 23.1 Å². The van der Waals surface area contributed by atoms with E-state index in [-0.39, 0.29) is 17.6 Å². The first-order valence-electron chi connectivity index (χ1n) is 11.6. The van der Waals surface area contributed by atoms with Gasteiger partial charge in [0.15, 0.2) is 28.1 Å². The highest BCUT2D eigenvalue weighted by Gasteiger charge is 2.52. The van der Waals surface area contributed by atoms with Crippen molar-refractivity contribution < 1.29 is 47.7 Å². The minimum Gasteiger partial charge on any atom is -0.463 e. The van der Waals surface area contributed by atoms with Crippen molar-refractivity contribution in [1.82, 2.24) is 10.2 Å². The molecule has 1 amide bonds. The van der Waals surface area contributed by atoms with E-state index in [1.165, 1.54) is 6.92 Å². The molecule has 1 aliphatic heterocycles. The number of amides is 1. The molecule has 0 bridgehead atoms. The first-order chi connectivity index (χ1) is 17.5. The number of ether oxygens (including phenoxy) is 5. The molecule has 0 spiro atoms. The summed E-state index contributed by atoms with van der Waals surface area (Å²) < 4.78 is 27.6. The molecule has 0 aromatic carbocycles. The Morgan fingerprint density at radius 2 is 1.51 bits per heavy atom. The van der Waals surface area contributed by atoms with Crippen molar-refractivity contribution in [3.63, 3.8) is 0 Å². The van der Waals surface area contributed by atoms with Gasteiger partial charge in [-0.3, -0.25) is 24.0 Å². The molecule has 0 unspecified atom stereocenters. The first kappa shape index (κ1) is 30.4. The molecule has 0 aliphatic carbocycles. The Hall–Kier alpha value is -2.78. The van der Waals surface area contributed by atoms with Crippen molar-refractivity contribution in [3.8, 4) is 0 Å². The summed E-state index contributed by atoms with van der Waals surface area (Å²) in [7, 11) is 0. The first-order valence-corrected chi connectivity index (χ1v) is 13.3. The number of hydrogen-bond acceptors (Lipinski definition) is 14. The molecule has 1 aromatic rings. The van der Waals surface area contributed by atoms with E-state index >= 15 is 0 Å². The average Bonchev–Trinajstić information content (AvgIpc) is 3.22. The van der Waals surface area contributed by atoms with Crippen LogP contribution in [0.1, 0.15) is 60.3 Å². The fourth-order valence-corrected chi connectivity index (χ4v) is 5.45. The van der Waals surface area contributed by atoms with E-state index in [4.69, 9.17) is 23.7 Å². The molecule has 1 saturated heterocycles. The van der Waals surface area contributed by atoms with E-state index in [0.717, 1.165) is 63.1 Å². The Labute approximate surface area is 222 Å². The Balaban J connectivity index is 2.30. The number of thioether (sulfide) groups is 1. The zero-order valence-corrected chi connectivity index (χ0v) is 22.8. The number of carbonyl (C=O) groups excluding carboxylic acids is 5. The van der Waals surface area contributed by atoms with Crippen LogP contribution in [0.15, 0.2) is 4.34 Å². The second-order valence-corrected chi connectivity index (χ2v) is 10.4. The standard InChI is InChI=1S/C22H31N3O10S2/c1-6-7-8-9-16(30)23-21-24-25-22(37-21)36-20-19(34-14(5)29)18(33-13(4)28)17(32-12(3)27)15(35-20)10-31-11(2)26/h15,17-20H,6-10H2,1-5H3,(H,23,24,30)/t15-,17+,18+,19-,20+/m1/s1. The smallest absolute Gasteiger partial charge is 0.303 e. The summed E-state index contributed by atoms with van der Waals surface area (Å²) in [5.74, 6) is -2.93. The number of hydrogen-bond donors (Lipinski definition) is 1. The van der Waals surface area contributed by atoms with E-state index in [1.807, 2.05) is 6.92 Å². The molecule has 1 aliphatic rings. The van der Waals surface area contributed by atoms with Crippen molar-refractivity contribution in [1.29, 1.82) is 0 Å². The molecule has 15 heteroatoms. The van der Waals surface area contributed by atoms with Crippen molar-refractivity contribution in [3.05, 3.63) is 0 Å². The summed E-state index contributed by atoms with van der Waals surface area (Å²) in [6.45, 7) is 6.36. The van der Waals surface area contributed by atoms with Gasteiger partial charge in [0, 0.05) is 34.1 Å². The van der Waals surface area contributed by atoms with Crippen LogP contribution in [0.4, 0.5) is 5.13 Å². The predicted molar refractivity (Wildman–Crippen MR) is 130 cm³/mol. The third-order valence-corrected chi connectivity index (χ3v) is 6.89. The van der Waals surface area contributed by atoms with E-state index in [9.17, 15) is 24.0 Å².